The Kier molecular flexibility index (Phi) is 11.8. The van der Waals surface area contributed by atoms with Crippen LogP contribution in [0.25, 0.3) is 0 Å². The molecule has 0 bridgehead atoms. The number of aliphatic hydroxyl groups excluding tert-OH is 1. The highest BCUT2D eigenvalue weighted by molar-refractivity contribution is 7.89. The van der Waals surface area contributed by atoms with Crippen LogP contribution in [0.4, 0.5) is 4.79 Å². The summed E-state index contributed by atoms with van der Waals surface area (Å²) in [5.74, 6) is 0.366. The molecule has 1 unspecified atom stereocenters. The number of methoxy groups -OCH3 is 1. The van der Waals surface area contributed by atoms with Crippen LogP contribution in [0.15, 0.2) is 59.5 Å². The summed E-state index contributed by atoms with van der Waals surface area (Å²) in [6.07, 6.45) is -0.810. The van der Waals surface area contributed by atoms with Gasteiger partial charge in [0.25, 0.3) is 0 Å². The standard InChI is InChI=1S/C29H39N3O7S/c1-3-22(10-7-16-30)19-31(40(36,37)26-13-11-25(38-2)12-14-26)20-28(33)27(18-23-8-5-4-6-9-23)32(29(34)35)24-15-17-39-21-24/h4-6,8-9,11-14,22,24,27-28,33H,3,7,10,15,17-21H2,1-2H3,(H,34,35)/p-1/t22?,24-,27-,28+/m0/s1. The lowest BCUT2D eigenvalue weighted by molar-refractivity contribution is -0.272. The first kappa shape index (κ1) is 31.4. The van der Waals surface area contributed by atoms with Crippen molar-refractivity contribution >= 4 is 16.1 Å². The number of benzene rings is 2. The SMILES string of the molecule is CCC(CCC#N)CN(C[C@@H](O)[C@H](Cc1ccccc1)N(C(=O)[O-])[C@H]1CCOC1)S(=O)(=O)c1ccc(OC)cc1. The molecule has 1 saturated heterocycles. The molecule has 1 N–H and O–H groups in total. The van der Waals surface area contributed by atoms with Crippen molar-refractivity contribution in [2.75, 3.05) is 33.4 Å². The number of carbonyl (C=O) groups excluding carboxylic acids is 1. The largest absolute Gasteiger partial charge is 0.530 e. The first-order valence-electron chi connectivity index (χ1n) is 13.5. The van der Waals surface area contributed by atoms with E-state index in [4.69, 9.17) is 14.7 Å². The molecule has 40 heavy (non-hydrogen) atoms. The average Bonchev–Trinajstić information content (AvgIpc) is 3.49. The maximum Gasteiger partial charge on any atom is 0.243 e. The van der Waals surface area contributed by atoms with Gasteiger partial charge in [-0.2, -0.15) is 9.57 Å². The molecule has 0 spiro atoms. The van der Waals surface area contributed by atoms with Crippen molar-refractivity contribution in [3.05, 3.63) is 60.2 Å². The number of rotatable bonds is 15. The second kappa shape index (κ2) is 15.0. The normalized spacial score (nSPS) is 17.6. The maximum atomic E-state index is 13.9. The molecule has 0 aliphatic carbocycles. The molecule has 10 nitrogen and oxygen atoms in total. The van der Waals surface area contributed by atoms with Crippen molar-refractivity contribution in [3.8, 4) is 11.8 Å². The van der Waals surface area contributed by atoms with Crippen LogP contribution in [0.2, 0.25) is 0 Å². The van der Waals surface area contributed by atoms with Crippen LogP contribution in [0.3, 0.4) is 0 Å². The quantitative estimate of drug-likeness (QED) is 0.343. The number of nitriles is 1. The van der Waals surface area contributed by atoms with Gasteiger partial charge in [-0.25, -0.2) is 8.42 Å². The zero-order valence-electron chi connectivity index (χ0n) is 23.0. The molecule has 1 amide bonds. The van der Waals surface area contributed by atoms with E-state index in [0.29, 0.717) is 31.6 Å². The Bertz CT molecular complexity index is 1210. The number of sulfonamides is 1. The monoisotopic (exact) mass is 572 g/mol. The minimum Gasteiger partial charge on any atom is -0.530 e. The van der Waals surface area contributed by atoms with Gasteiger partial charge in [0.2, 0.25) is 10.0 Å². The predicted molar refractivity (Wildman–Crippen MR) is 147 cm³/mol. The topological polar surface area (TPSA) is 143 Å². The van der Waals surface area contributed by atoms with Crippen molar-refractivity contribution < 1.29 is 32.9 Å². The first-order chi connectivity index (χ1) is 19.2. The fraction of sp³-hybridized carbons (Fsp3) is 0.517. The van der Waals surface area contributed by atoms with Crippen LogP contribution in [-0.4, -0.2) is 80.4 Å². The lowest BCUT2D eigenvalue weighted by Gasteiger charge is -2.41. The van der Waals surface area contributed by atoms with Crippen molar-refractivity contribution in [2.24, 2.45) is 5.92 Å². The third kappa shape index (κ3) is 8.17. The molecule has 11 heteroatoms. The number of aliphatic hydroxyl groups is 1. The Labute approximate surface area is 236 Å². The number of amides is 1. The molecular formula is C29H38N3O7S-. The Morgan fingerprint density at radius 3 is 2.45 bits per heavy atom. The minimum atomic E-state index is -4.09. The molecule has 4 atom stereocenters. The van der Waals surface area contributed by atoms with Gasteiger partial charge < -0.3 is 29.4 Å². The van der Waals surface area contributed by atoms with E-state index in [2.05, 4.69) is 6.07 Å². The molecule has 0 saturated carbocycles. The molecule has 3 rings (SSSR count). The van der Waals surface area contributed by atoms with E-state index in [9.17, 15) is 23.4 Å². The second-order valence-corrected chi connectivity index (χ2v) is 11.9. The summed E-state index contributed by atoms with van der Waals surface area (Å²) in [6, 6.07) is 15.7. The minimum absolute atomic E-state index is 0.0243. The molecule has 2 aromatic rings. The Hall–Kier alpha value is -3.17. The highest BCUT2D eigenvalue weighted by Crippen LogP contribution is 2.26. The summed E-state index contributed by atoms with van der Waals surface area (Å²) in [5.41, 5.74) is 0.793. The lowest BCUT2D eigenvalue weighted by atomic mass is 9.97. The molecule has 1 aliphatic heterocycles. The summed E-state index contributed by atoms with van der Waals surface area (Å²) in [6.45, 7) is 2.21. The zero-order chi connectivity index (χ0) is 29.1. The number of hydrogen-bond acceptors (Lipinski definition) is 8. The third-order valence-electron chi connectivity index (χ3n) is 7.39. The van der Waals surface area contributed by atoms with Crippen molar-refractivity contribution in [1.82, 2.24) is 9.21 Å². The number of carbonyl (C=O) groups is 1. The van der Waals surface area contributed by atoms with Gasteiger partial charge in [0, 0.05) is 26.1 Å². The van der Waals surface area contributed by atoms with Gasteiger partial charge in [-0.15, -0.1) is 0 Å². The van der Waals surface area contributed by atoms with E-state index in [1.165, 1.54) is 23.5 Å². The molecular weight excluding hydrogens is 534 g/mol. The maximum absolute atomic E-state index is 13.9. The van der Waals surface area contributed by atoms with Crippen LogP contribution in [0.5, 0.6) is 5.75 Å². The van der Waals surface area contributed by atoms with Gasteiger partial charge in [-0.05, 0) is 55.0 Å². The highest BCUT2D eigenvalue weighted by Gasteiger charge is 2.37. The molecule has 0 aromatic heterocycles. The van der Waals surface area contributed by atoms with Gasteiger partial charge in [0.05, 0.1) is 42.9 Å². The number of nitrogens with zero attached hydrogens (tertiary/aromatic N) is 3. The van der Waals surface area contributed by atoms with Gasteiger partial charge >= 0.3 is 0 Å². The Balaban J connectivity index is 1.98. The third-order valence-corrected chi connectivity index (χ3v) is 9.24. The van der Waals surface area contributed by atoms with E-state index >= 15 is 0 Å². The smallest absolute Gasteiger partial charge is 0.243 e. The van der Waals surface area contributed by atoms with Crippen LogP contribution in [0.1, 0.15) is 38.2 Å². The van der Waals surface area contributed by atoms with E-state index in [1.54, 1.807) is 12.1 Å². The predicted octanol–water partition coefficient (Wildman–Crippen LogP) is 2.42. The molecule has 1 heterocycles. The molecule has 2 aromatic carbocycles. The fourth-order valence-electron chi connectivity index (χ4n) is 5.05. The Morgan fingerprint density at radius 1 is 1.20 bits per heavy atom. The average molecular weight is 573 g/mol. The summed E-state index contributed by atoms with van der Waals surface area (Å²) in [7, 11) is -2.61. The number of carboxylic acid groups (broad SMARTS) is 1. The molecule has 1 aliphatic rings. The van der Waals surface area contributed by atoms with Crippen LogP contribution in [-0.2, 0) is 21.2 Å². The highest BCUT2D eigenvalue weighted by atomic mass is 32.2. The number of hydrogen-bond donors (Lipinski definition) is 1. The van der Waals surface area contributed by atoms with Crippen LogP contribution in [0, 0.1) is 17.2 Å². The van der Waals surface area contributed by atoms with Gasteiger partial charge in [0.1, 0.15) is 11.8 Å². The van der Waals surface area contributed by atoms with Crippen molar-refractivity contribution in [2.45, 2.75) is 62.1 Å². The summed E-state index contributed by atoms with van der Waals surface area (Å²) in [4.78, 5) is 13.5. The Morgan fingerprint density at radius 2 is 1.90 bits per heavy atom. The summed E-state index contributed by atoms with van der Waals surface area (Å²) >= 11 is 0. The van der Waals surface area contributed by atoms with Gasteiger partial charge in [0.15, 0.2) is 0 Å². The number of ether oxygens (including phenoxy) is 2. The molecule has 1 fully saturated rings. The van der Waals surface area contributed by atoms with Crippen LogP contribution >= 0.6 is 0 Å². The second-order valence-electron chi connectivity index (χ2n) is 9.98. The van der Waals surface area contributed by atoms with Crippen LogP contribution < -0.4 is 9.84 Å². The van der Waals surface area contributed by atoms with E-state index in [0.717, 1.165) is 10.5 Å². The summed E-state index contributed by atoms with van der Waals surface area (Å²) < 4.78 is 39.6. The molecule has 0 radical (unpaired) electrons. The summed E-state index contributed by atoms with van der Waals surface area (Å²) in [5, 5.41) is 33.1. The lowest BCUT2D eigenvalue weighted by Crippen LogP contribution is -2.59. The van der Waals surface area contributed by atoms with Crippen molar-refractivity contribution in [3.63, 3.8) is 0 Å². The van der Waals surface area contributed by atoms with E-state index in [-0.39, 0.29) is 43.4 Å². The van der Waals surface area contributed by atoms with Crippen molar-refractivity contribution in [1.29, 1.82) is 5.26 Å². The first-order valence-corrected chi connectivity index (χ1v) is 14.9. The molecule has 218 valence electrons. The van der Waals surface area contributed by atoms with E-state index < -0.39 is 34.3 Å². The fourth-order valence-corrected chi connectivity index (χ4v) is 6.59. The van der Waals surface area contributed by atoms with Gasteiger partial charge in [-0.3, -0.25) is 0 Å². The van der Waals surface area contributed by atoms with E-state index in [1.807, 2.05) is 37.3 Å². The van der Waals surface area contributed by atoms with Gasteiger partial charge in [-0.1, -0.05) is 43.7 Å². The zero-order valence-corrected chi connectivity index (χ0v) is 23.8.